The van der Waals surface area contributed by atoms with Crippen molar-refractivity contribution in [2.24, 2.45) is 0 Å². The van der Waals surface area contributed by atoms with Gasteiger partial charge in [0.15, 0.2) is 0 Å². The molecule has 0 aromatic heterocycles. The quantitative estimate of drug-likeness (QED) is 0.711. The molecule has 2 atom stereocenters. The predicted molar refractivity (Wildman–Crippen MR) is 88.0 cm³/mol. The molecule has 2 nitrogen and oxygen atoms in total. The fourth-order valence-electron chi connectivity index (χ4n) is 2.32. The second-order valence-corrected chi connectivity index (χ2v) is 5.73. The standard InChI is InChI=1S/C16H25Cl2NO/c1-4-9-19-15(16(5-2)20-6-3)11-12-7-8-13(17)14(18)10-12/h7-8,10,15-16,19H,4-6,9,11H2,1-3H3. The zero-order chi connectivity index (χ0) is 15.0. The van der Waals surface area contributed by atoms with Gasteiger partial charge in [-0.2, -0.15) is 0 Å². The molecular weight excluding hydrogens is 293 g/mol. The molecule has 1 aromatic carbocycles. The van der Waals surface area contributed by atoms with E-state index in [0.29, 0.717) is 16.1 Å². The van der Waals surface area contributed by atoms with Crippen LogP contribution in [0, 0.1) is 0 Å². The molecule has 0 spiro atoms. The largest absolute Gasteiger partial charge is 0.377 e. The van der Waals surface area contributed by atoms with Crippen molar-refractivity contribution in [1.82, 2.24) is 5.32 Å². The summed E-state index contributed by atoms with van der Waals surface area (Å²) in [6, 6.07) is 6.14. The third-order valence-electron chi connectivity index (χ3n) is 3.33. The monoisotopic (exact) mass is 317 g/mol. The number of hydrogen-bond acceptors (Lipinski definition) is 2. The van der Waals surface area contributed by atoms with Crippen LogP contribution < -0.4 is 5.32 Å². The van der Waals surface area contributed by atoms with E-state index in [0.717, 1.165) is 32.4 Å². The SMILES string of the molecule is CCCNC(Cc1ccc(Cl)c(Cl)c1)C(CC)OCC. The molecule has 0 aliphatic heterocycles. The molecule has 0 heterocycles. The summed E-state index contributed by atoms with van der Waals surface area (Å²) in [4.78, 5) is 0. The highest BCUT2D eigenvalue weighted by atomic mass is 35.5. The Bertz CT molecular complexity index is 398. The summed E-state index contributed by atoms with van der Waals surface area (Å²) >= 11 is 12.1. The molecule has 4 heteroatoms. The van der Waals surface area contributed by atoms with Gasteiger partial charge in [-0.15, -0.1) is 0 Å². The van der Waals surface area contributed by atoms with Crippen LogP contribution in [0.3, 0.4) is 0 Å². The summed E-state index contributed by atoms with van der Waals surface area (Å²) in [5.74, 6) is 0. The van der Waals surface area contributed by atoms with E-state index in [4.69, 9.17) is 27.9 Å². The van der Waals surface area contributed by atoms with Crippen LogP contribution in [0.1, 0.15) is 39.2 Å². The zero-order valence-corrected chi connectivity index (χ0v) is 14.1. The molecular formula is C16H25Cl2NO. The Morgan fingerprint density at radius 3 is 2.45 bits per heavy atom. The summed E-state index contributed by atoms with van der Waals surface area (Å²) in [7, 11) is 0. The van der Waals surface area contributed by atoms with E-state index in [1.807, 2.05) is 25.1 Å². The topological polar surface area (TPSA) is 21.3 Å². The Balaban J connectivity index is 2.78. The predicted octanol–water partition coefficient (Wildman–Crippen LogP) is 4.72. The van der Waals surface area contributed by atoms with Crippen LogP contribution in [0.4, 0.5) is 0 Å². The first kappa shape index (κ1) is 17.8. The highest BCUT2D eigenvalue weighted by Crippen LogP contribution is 2.24. The lowest BCUT2D eigenvalue weighted by atomic mass is 9.99. The Labute approximate surface area is 132 Å². The van der Waals surface area contributed by atoms with Crippen molar-refractivity contribution >= 4 is 23.2 Å². The maximum atomic E-state index is 6.09. The Hall–Kier alpha value is -0.280. The fraction of sp³-hybridized carbons (Fsp3) is 0.625. The van der Waals surface area contributed by atoms with Crippen molar-refractivity contribution in [2.45, 2.75) is 52.2 Å². The third kappa shape index (κ3) is 5.61. The van der Waals surface area contributed by atoms with Crippen molar-refractivity contribution in [3.8, 4) is 0 Å². The molecule has 0 saturated heterocycles. The fourth-order valence-corrected chi connectivity index (χ4v) is 2.64. The van der Waals surface area contributed by atoms with Crippen LogP contribution >= 0.6 is 23.2 Å². The first-order valence-corrected chi connectivity index (χ1v) is 8.16. The van der Waals surface area contributed by atoms with Crippen molar-refractivity contribution < 1.29 is 4.74 Å². The zero-order valence-electron chi connectivity index (χ0n) is 12.6. The molecule has 1 N–H and O–H groups in total. The number of rotatable bonds is 9. The van der Waals surface area contributed by atoms with Crippen LogP contribution in [0.25, 0.3) is 0 Å². The van der Waals surface area contributed by atoms with Crippen molar-refractivity contribution in [3.05, 3.63) is 33.8 Å². The molecule has 0 fully saturated rings. The van der Waals surface area contributed by atoms with Gasteiger partial charge in [0.1, 0.15) is 0 Å². The molecule has 0 aliphatic carbocycles. The molecule has 0 amide bonds. The van der Waals surface area contributed by atoms with E-state index in [1.54, 1.807) is 0 Å². The van der Waals surface area contributed by atoms with E-state index in [2.05, 4.69) is 19.2 Å². The van der Waals surface area contributed by atoms with Crippen molar-refractivity contribution in [1.29, 1.82) is 0 Å². The van der Waals surface area contributed by atoms with Gasteiger partial charge in [0.05, 0.1) is 16.1 Å². The lowest BCUT2D eigenvalue weighted by Crippen LogP contribution is -2.43. The van der Waals surface area contributed by atoms with Gasteiger partial charge in [0, 0.05) is 12.6 Å². The Morgan fingerprint density at radius 1 is 1.15 bits per heavy atom. The lowest BCUT2D eigenvalue weighted by molar-refractivity contribution is 0.0320. The Morgan fingerprint density at radius 2 is 1.90 bits per heavy atom. The van der Waals surface area contributed by atoms with E-state index in [-0.39, 0.29) is 6.10 Å². The first-order valence-electron chi connectivity index (χ1n) is 7.41. The average Bonchev–Trinajstić information content (AvgIpc) is 2.45. The van der Waals surface area contributed by atoms with E-state index in [1.165, 1.54) is 5.56 Å². The summed E-state index contributed by atoms with van der Waals surface area (Å²) in [6.07, 6.45) is 3.23. The van der Waals surface area contributed by atoms with Crippen LogP contribution in [0.15, 0.2) is 18.2 Å². The number of hydrogen-bond donors (Lipinski definition) is 1. The van der Waals surface area contributed by atoms with Gasteiger partial charge in [-0.05, 0) is 50.4 Å². The van der Waals surface area contributed by atoms with E-state index >= 15 is 0 Å². The molecule has 0 saturated carbocycles. The minimum atomic E-state index is 0.223. The minimum Gasteiger partial charge on any atom is -0.377 e. The smallest absolute Gasteiger partial charge is 0.0728 e. The average molecular weight is 318 g/mol. The molecule has 2 unspecified atom stereocenters. The van der Waals surface area contributed by atoms with Gasteiger partial charge >= 0.3 is 0 Å². The third-order valence-corrected chi connectivity index (χ3v) is 4.07. The van der Waals surface area contributed by atoms with E-state index in [9.17, 15) is 0 Å². The van der Waals surface area contributed by atoms with Gasteiger partial charge in [-0.1, -0.05) is 43.1 Å². The van der Waals surface area contributed by atoms with Crippen LogP contribution in [-0.2, 0) is 11.2 Å². The lowest BCUT2D eigenvalue weighted by Gasteiger charge is -2.27. The summed E-state index contributed by atoms with van der Waals surface area (Å²) < 4.78 is 5.85. The highest BCUT2D eigenvalue weighted by molar-refractivity contribution is 6.42. The van der Waals surface area contributed by atoms with Gasteiger partial charge in [-0.25, -0.2) is 0 Å². The first-order chi connectivity index (χ1) is 9.62. The summed E-state index contributed by atoms with van der Waals surface area (Å²) in [5.41, 5.74) is 1.19. The maximum Gasteiger partial charge on any atom is 0.0728 e. The summed E-state index contributed by atoms with van der Waals surface area (Å²) in [5, 5.41) is 4.80. The second kappa shape index (κ2) is 9.62. The normalized spacial score (nSPS) is 14.2. The second-order valence-electron chi connectivity index (χ2n) is 4.92. The summed E-state index contributed by atoms with van der Waals surface area (Å²) in [6.45, 7) is 8.11. The van der Waals surface area contributed by atoms with Crippen LogP contribution in [-0.4, -0.2) is 25.3 Å². The number of nitrogens with one attached hydrogen (secondary N) is 1. The Kier molecular flexibility index (Phi) is 8.55. The molecule has 0 radical (unpaired) electrons. The van der Waals surface area contributed by atoms with Gasteiger partial charge < -0.3 is 10.1 Å². The van der Waals surface area contributed by atoms with Gasteiger partial charge in [0.2, 0.25) is 0 Å². The van der Waals surface area contributed by atoms with Crippen molar-refractivity contribution in [2.75, 3.05) is 13.2 Å². The molecule has 1 aromatic rings. The molecule has 20 heavy (non-hydrogen) atoms. The van der Waals surface area contributed by atoms with Crippen LogP contribution in [0.2, 0.25) is 10.0 Å². The van der Waals surface area contributed by atoms with Gasteiger partial charge in [-0.3, -0.25) is 0 Å². The number of halogens is 2. The number of ether oxygens (including phenoxy) is 1. The highest BCUT2D eigenvalue weighted by Gasteiger charge is 2.20. The van der Waals surface area contributed by atoms with Crippen molar-refractivity contribution in [3.63, 3.8) is 0 Å². The molecule has 1 rings (SSSR count). The minimum absolute atomic E-state index is 0.223. The van der Waals surface area contributed by atoms with E-state index < -0.39 is 0 Å². The maximum absolute atomic E-state index is 6.09. The van der Waals surface area contributed by atoms with Gasteiger partial charge in [0.25, 0.3) is 0 Å². The number of benzene rings is 1. The molecule has 114 valence electrons. The molecule has 0 bridgehead atoms. The van der Waals surface area contributed by atoms with Crippen LogP contribution in [0.5, 0.6) is 0 Å². The molecule has 0 aliphatic rings.